The quantitative estimate of drug-likeness (QED) is 0.358. The molecule has 2 fully saturated rings. The third-order valence-electron chi connectivity index (χ3n) is 7.19. The van der Waals surface area contributed by atoms with Crippen molar-refractivity contribution in [3.05, 3.63) is 84.4 Å². The van der Waals surface area contributed by atoms with E-state index < -0.39 is 0 Å². The van der Waals surface area contributed by atoms with Crippen LogP contribution in [0.5, 0.6) is 11.5 Å². The summed E-state index contributed by atoms with van der Waals surface area (Å²) in [4.78, 5) is 17.7. The van der Waals surface area contributed by atoms with Crippen LogP contribution in [0.2, 0.25) is 0 Å². The number of hydrogen-bond acceptors (Lipinski definition) is 6. The van der Waals surface area contributed by atoms with E-state index in [0.29, 0.717) is 23.1 Å². The van der Waals surface area contributed by atoms with Gasteiger partial charge in [0.2, 0.25) is 0 Å². The fraction of sp³-hybridized carbons (Fsp3) is 0.310. The summed E-state index contributed by atoms with van der Waals surface area (Å²) in [6, 6.07) is 25.5. The number of carbonyl (C=O) groups excluding carboxylic acids is 1. The van der Waals surface area contributed by atoms with Crippen LogP contribution in [0.25, 0.3) is 10.1 Å². The van der Waals surface area contributed by atoms with E-state index in [1.54, 1.807) is 17.6 Å². The number of piperazine rings is 1. The number of nitrogens with zero attached hydrogens (tertiary/aromatic N) is 3. The lowest BCUT2D eigenvalue weighted by molar-refractivity contribution is 0.0950. The first-order chi connectivity index (χ1) is 17.7. The van der Waals surface area contributed by atoms with E-state index in [2.05, 4.69) is 39.4 Å². The number of para-hydroxylation sites is 1. The molecule has 1 aliphatic carbocycles. The van der Waals surface area contributed by atoms with Crippen molar-refractivity contribution in [3.63, 3.8) is 0 Å². The van der Waals surface area contributed by atoms with Gasteiger partial charge >= 0.3 is 0 Å². The second-order valence-electron chi connectivity index (χ2n) is 9.70. The molecule has 6 rings (SSSR count). The van der Waals surface area contributed by atoms with Crippen molar-refractivity contribution in [1.29, 1.82) is 0 Å². The molecule has 4 aromatic rings. The molecule has 1 aromatic heterocycles. The van der Waals surface area contributed by atoms with Gasteiger partial charge in [0, 0.05) is 50.2 Å². The molecule has 0 radical (unpaired) electrons. The zero-order valence-electron chi connectivity index (χ0n) is 20.2. The highest BCUT2D eigenvalue weighted by Crippen LogP contribution is 2.39. The smallest absolute Gasteiger partial charge is 0.251 e. The van der Waals surface area contributed by atoms with Gasteiger partial charge in [-0.1, -0.05) is 36.4 Å². The van der Waals surface area contributed by atoms with Crippen molar-refractivity contribution < 1.29 is 9.53 Å². The Kier molecular flexibility index (Phi) is 6.57. The number of aromatic nitrogens is 1. The number of ether oxygens (including phenoxy) is 1. The summed E-state index contributed by atoms with van der Waals surface area (Å²) in [5, 5.41) is 4.40. The van der Waals surface area contributed by atoms with Gasteiger partial charge in [-0.25, -0.2) is 0 Å². The van der Waals surface area contributed by atoms with E-state index >= 15 is 0 Å². The zero-order valence-corrected chi connectivity index (χ0v) is 21.0. The topological polar surface area (TPSA) is 57.7 Å². The van der Waals surface area contributed by atoms with Gasteiger partial charge in [-0.2, -0.15) is 4.37 Å². The monoisotopic (exact) mass is 498 g/mol. The fourth-order valence-corrected chi connectivity index (χ4v) is 5.81. The Hall–Kier alpha value is -3.42. The van der Waals surface area contributed by atoms with E-state index in [1.807, 2.05) is 48.5 Å². The van der Waals surface area contributed by atoms with Gasteiger partial charge in [0.15, 0.2) is 0 Å². The number of amides is 1. The minimum atomic E-state index is -0.0386. The Labute approximate surface area is 215 Å². The largest absolute Gasteiger partial charge is 0.457 e. The molecule has 0 spiro atoms. The lowest BCUT2D eigenvalue weighted by atomic mass is 10.2. The summed E-state index contributed by atoms with van der Waals surface area (Å²) in [5.41, 5.74) is 0.631. The van der Waals surface area contributed by atoms with Crippen LogP contribution in [0.3, 0.4) is 0 Å². The molecule has 3 aromatic carbocycles. The number of benzene rings is 3. The predicted octanol–water partition coefficient (Wildman–Crippen LogP) is 5.28. The Morgan fingerprint density at radius 1 is 0.917 bits per heavy atom. The molecule has 0 unspecified atom stereocenters. The molecular weight excluding hydrogens is 468 g/mol. The van der Waals surface area contributed by atoms with Crippen LogP contribution < -0.4 is 15.0 Å². The van der Waals surface area contributed by atoms with Gasteiger partial charge in [0.05, 0.1) is 4.70 Å². The predicted molar refractivity (Wildman–Crippen MR) is 145 cm³/mol. The van der Waals surface area contributed by atoms with Gasteiger partial charge in [0.1, 0.15) is 17.3 Å². The van der Waals surface area contributed by atoms with E-state index in [4.69, 9.17) is 9.11 Å². The van der Waals surface area contributed by atoms with Crippen molar-refractivity contribution in [1.82, 2.24) is 14.6 Å². The average Bonchev–Trinajstić information content (AvgIpc) is 3.52. The lowest BCUT2D eigenvalue weighted by Gasteiger charge is -2.35. The van der Waals surface area contributed by atoms with E-state index in [1.165, 1.54) is 16.5 Å². The second-order valence-corrected chi connectivity index (χ2v) is 10.5. The maximum Gasteiger partial charge on any atom is 0.251 e. The van der Waals surface area contributed by atoms with Crippen LogP contribution in [0.15, 0.2) is 78.9 Å². The Bertz CT molecular complexity index is 1330. The summed E-state index contributed by atoms with van der Waals surface area (Å²) < 4.78 is 11.8. The number of rotatable bonds is 8. The maximum absolute atomic E-state index is 12.7. The van der Waals surface area contributed by atoms with Crippen molar-refractivity contribution in [3.8, 4) is 11.5 Å². The van der Waals surface area contributed by atoms with Crippen LogP contribution >= 0.6 is 11.5 Å². The van der Waals surface area contributed by atoms with Crippen molar-refractivity contribution in [2.24, 2.45) is 11.8 Å². The van der Waals surface area contributed by atoms with E-state index in [9.17, 15) is 4.79 Å². The highest BCUT2D eigenvalue weighted by molar-refractivity contribution is 7.13. The molecule has 1 amide bonds. The highest BCUT2D eigenvalue weighted by atomic mass is 32.1. The fourth-order valence-electron chi connectivity index (χ4n) is 5.01. The second kappa shape index (κ2) is 10.3. The minimum absolute atomic E-state index is 0.0386. The SMILES string of the molecule is O=C(NC[C@H]1C[C@@H]1CN1CCN(c2nsc3ccccc23)CC1)c1cccc(Oc2ccccc2)c1. The third kappa shape index (κ3) is 5.22. The standard InChI is InChI=1S/C29H30N4O2S/c34-29(21-7-6-10-25(18-21)35-24-8-2-1-3-9-24)30-19-22-17-23(22)20-32-13-15-33(16-14-32)28-26-11-4-5-12-27(26)36-31-28/h1-12,18,22-23H,13-17,19-20H2,(H,30,34)/t22-,23-/m1/s1. The number of anilines is 1. The van der Waals surface area contributed by atoms with Gasteiger partial charge in [0.25, 0.3) is 5.91 Å². The normalized spacial score (nSPS) is 19.8. The number of carbonyl (C=O) groups is 1. The summed E-state index contributed by atoms with van der Waals surface area (Å²) in [7, 11) is 0. The minimum Gasteiger partial charge on any atom is -0.457 e. The molecule has 2 atom stereocenters. The molecule has 36 heavy (non-hydrogen) atoms. The molecule has 0 bridgehead atoms. The van der Waals surface area contributed by atoms with Crippen molar-refractivity contribution >= 4 is 33.3 Å². The molecule has 6 nitrogen and oxygen atoms in total. The molecule has 184 valence electrons. The number of hydrogen-bond donors (Lipinski definition) is 1. The molecule has 1 saturated heterocycles. The van der Waals surface area contributed by atoms with Crippen LogP contribution in [0.1, 0.15) is 16.8 Å². The van der Waals surface area contributed by atoms with Crippen LogP contribution in [-0.2, 0) is 0 Å². The van der Waals surface area contributed by atoms with Crippen molar-refractivity contribution in [2.45, 2.75) is 6.42 Å². The number of nitrogens with one attached hydrogen (secondary N) is 1. The molecule has 1 aliphatic heterocycles. The maximum atomic E-state index is 12.7. The summed E-state index contributed by atoms with van der Waals surface area (Å²) in [6.07, 6.45) is 1.19. The van der Waals surface area contributed by atoms with Gasteiger partial charge in [-0.15, -0.1) is 0 Å². The number of fused-ring (bicyclic) bond motifs is 1. The first-order valence-corrected chi connectivity index (χ1v) is 13.4. The van der Waals surface area contributed by atoms with Crippen LogP contribution in [0, 0.1) is 11.8 Å². The van der Waals surface area contributed by atoms with Gasteiger partial charge in [-0.05, 0) is 72.3 Å². The Morgan fingerprint density at radius 3 is 2.56 bits per heavy atom. The first-order valence-electron chi connectivity index (χ1n) is 12.7. The third-order valence-corrected chi connectivity index (χ3v) is 8.01. The lowest BCUT2D eigenvalue weighted by Crippen LogP contribution is -2.47. The van der Waals surface area contributed by atoms with E-state index in [0.717, 1.165) is 50.8 Å². The molecule has 1 N–H and O–H groups in total. The van der Waals surface area contributed by atoms with E-state index in [-0.39, 0.29) is 5.91 Å². The molecule has 2 heterocycles. The van der Waals surface area contributed by atoms with Gasteiger partial charge in [-0.3, -0.25) is 9.69 Å². The molecule has 2 aliphatic rings. The molecule has 7 heteroatoms. The Balaban J connectivity index is 0.948. The summed E-state index contributed by atoms with van der Waals surface area (Å²) in [6.45, 7) is 6.02. The molecular formula is C29H30N4O2S. The zero-order chi connectivity index (χ0) is 24.3. The average molecular weight is 499 g/mol. The van der Waals surface area contributed by atoms with Crippen LogP contribution in [0.4, 0.5) is 5.82 Å². The summed E-state index contributed by atoms with van der Waals surface area (Å²) >= 11 is 1.59. The first kappa shape index (κ1) is 23.0. The Morgan fingerprint density at radius 2 is 1.69 bits per heavy atom. The van der Waals surface area contributed by atoms with Crippen LogP contribution in [-0.4, -0.2) is 54.4 Å². The summed E-state index contributed by atoms with van der Waals surface area (Å²) in [5.74, 6) is 3.77. The highest BCUT2D eigenvalue weighted by Gasteiger charge is 2.38. The van der Waals surface area contributed by atoms with Crippen molar-refractivity contribution in [2.75, 3.05) is 44.2 Å². The molecule has 1 saturated carbocycles. The van der Waals surface area contributed by atoms with Gasteiger partial charge < -0.3 is 15.0 Å².